The lowest BCUT2D eigenvalue weighted by Crippen LogP contribution is -2.10. The highest BCUT2D eigenvalue weighted by Crippen LogP contribution is 2.23. The lowest BCUT2D eigenvalue weighted by atomic mass is 10.1. The zero-order chi connectivity index (χ0) is 12.4. The number of H-pyrrole nitrogens is 1. The topological polar surface area (TPSA) is 90.4 Å². The molecular weight excluding hydrogens is 222 g/mol. The average molecular weight is 231 g/mol. The molecular formula is C12H9NO4. The maximum atomic E-state index is 11.2. The summed E-state index contributed by atoms with van der Waals surface area (Å²) in [7, 11) is 0. The van der Waals surface area contributed by atoms with Crippen molar-refractivity contribution in [3.8, 4) is 17.0 Å². The van der Waals surface area contributed by atoms with E-state index in [1.165, 1.54) is 18.2 Å². The van der Waals surface area contributed by atoms with E-state index in [4.69, 9.17) is 5.11 Å². The Labute approximate surface area is 96.0 Å². The van der Waals surface area contributed by atoms with E-state index in [1.54, 1.807) is 12.1 Å². The molecule has 0 unspecified atom stereocenters. The number of rotatable bonds is 2. The van der Waals surface area contributed by atoms with Gasteiger partial charge < -0.3 is 15.2 Å². The van der Waals surface area contributed by atoms with Crippen molar-refractivity contribution in [3.63, 3.8) is 0 Å². The molecule has 1 aromatic carbocycles. The summed E-state index contributed by atoms with van der Waals surface area (Å²) in [4.78, 5) is 24.7. The van der Waals surface area contributed by atoms with Gasteiger partial charge in [-0.25, -0.2) is 4.79 Å². The van der Waals surface area contributed by atoms with E-state index >= 15 is 0 Å². The van der Waals surface area contributed by atoms with Crippen LogP contribution in [0.15, 0.2) is 41.2 Å². The molecule has 0 amide bonds. The molecule has 86 valence electrons. The Morgan fingerprint density at radius 1 is 1.18 bits per heavy atom. The van der Waals surface area contributed by atoms with Crippen LogP contribution in [0.2, 0.25) is 0 Å². The molecule has 1 aromatic heterocycles. The highest BCUT2D eigenvalue weighted by atomic mass is 16.4. The lowest BCUT2D eigenvalue weighted by Gasteiger charge is -2.05. The quantitative estimate of drug-likeness (QED) is 0.729. The fourth-order valence-corrected chi connectivity index (χ4v) is 1.54. The van der Waals surface area contributed by atoms with Crippen LogP contribution >= 0.6 is 0 Å². The highest BCUT2D eigenvalue weighted by Gasteiger charge is 2.12. The van der Waals surface area contributed by atoms with Crippen molar-refractivity contribution >= 4 is 5.97 Å². The minimum Gasteiger partial charge on any atom is -0.508 e. The summed E-state index contributed by atoms with van der Waals surface area (Å²) >= 11 is 0. The molecule has 2 aromatic rings. The van der Waals surface area contributed by atoms with Crippen molar-refractivity contribution in [1.29, 1.82) is 0 Å². The van der Waals surface area contributed by atoms with Gasteiger partial charge in [0.15, 0.2) is 0 Å². The third-order valence-corrected chi connectivity index (χ3v) is 2.28. The molecule has 0 radical (unpaired) electrons. The number of aromatic hydroxyl groups is 1. The van der Waals surface area contributed by atoms with E-state index in [9.17, 15) is 14.7 Å². The third-order valence-electron chi connectivity index (χ3n) is 2.28. The maximum Gasteiger partial charge on any atom is 0.337 e. The van der Waals surface area contributed by atoms with Gasteiger partial charge in [0.2, 0.25) is 5.56 Å². The smallest absolute Gasteiger partial charge is 0.337 e. The predicted octanol–water partition coefficient (Wildman–Crippen LogP) is 1.45. The van der Waals surface area contributed by atoms with Gasteiger partial charge in [0.05, 0.1) is 11.3 Å². The van der Waals surface area contributed by atoms with Crippen LogP contribution in [0.25, 0.3) is 11.3 Å². The Hall–Kier alpha value is -2.56. The van der Waals surface area contributed by atoms with Crippen molar-refractivity contribution in [1.82, 2.24) is 4.98 Å². The number of pyridine rings is 1. The van der Waals surface area contributed by atoms with Gasteiger partial charge in [0, 0.05) is 11.6 Å². The van der Waals surface area contributed by atoms with Crippen LogP contribution in [-0.2, 0) is 0 Å². The zero-order valence-corrected chi connectivity index (χ0v) is 8.68. The van der Waals surface area contributed by atoms with Gasteiger partial charge >= 0.3 is 5.97 Å². The third kappa shape index (κ3) is 2.17. The standard InChI is InChI=1S/C12H9NO4/c14-8-3-1-2-7(6-8)11-9(12(16)17)4-5-10(15)13-11/h1-6,14H,(H,13,15)(H,16,17). The molecule has 3 N–H and O–H groups in total. The summed E-state index contributed by atoms with van der Waals surface area (Å²) in [5, 5.41) is 18.3. The van der Waals surface area contributed by atoms with Crippen LogP contribution in [0.1, 0.15) is 10.4 Å². The molecule has 0 saturated heterocycles. The number of aromatic carboxylic acids is 1. The fraction of sp³-hybridized carbons (Fsp3) is 0. The second-order valence-corrected chi connectivity index (χ2v) is 3.47. The van der Waals surface area contributed by atoms with E-state index in [2.05, 4.69) is 4.98 Å². The molecule has 0 fully saturated rings. The van der Waals surface area contributed by atoms with E-state index in [-0.39, 0.29) is 17.0 Å². The fourth-order valence-electron chi connectivity index (χ4n) is 1.54. The Morgan fingerprint density at radius 2 is 1.94 bits per heavy atom. The minimum atomic E-state index is -1.14. The number of carboxylic acid groups (broad SMARTS) is 1. The van der Waals surface area contributed by atoms with Gasteiger partial charge in [-0.05, 0) is 18.2 Å². The van der Waals surface area contributed by atoms with E-state index in [0.29, 0.717) is 5.56 Å². The summed E-state index contributed by atoms with van der Waals surface area (Å²) in [5.41, 5.74) is 0.213. The van der Waals surface area contributed by atoms with Crippen LogP contribution in [-0.4, -0.2) is 21.2 Å². The second kappa shape index (κ2) is 4.13. The number of carboxylic acids is 1. The second-order valence-electron chi connectivity index (χ2n) is 3.47. The molecule has 0 bridgehead atoms. The zero-order valence-electron chi connectivity index (χ0n) is 8.68. The highest BCUT2D eigenvalue weighted by molar-refractivity contribution is 5.94. The Morgan fingerprint density at radius 3 is 2.59 bits per heavy atom. The normalized spacial score (nSPS) is 10.1. The SMILES string of the molecule is O=C(O)c1ccc(=O)[nH]c1-c1cccc(O)c1. The first-order chi connectivity index (χ1) is 8.08. The molecule has 0 aliphatic heterocycles. The van der Waals surface area contributed by atoms with Crippen molar-refractivity contribution in [3.05, 3.63) is 52.3 Å². The molecule has 0 atom stereocenters. The first-order valence-corrected chi connectivity index (χ1v) is 4.84. The molecule has 2 rings (SSSR count). The molecule has 0 spiro atoms. The van der Waals surface area contributed by atoms with Crippen molar-refractivity contribution in [2.24, 2.45) is 0 Å². The molecule has 0 saturated carbocycles. The molecule has 1 heterocycles. The summed E-state index contributed by atoms with van der Waals surface area (Å²) in [6.45, 7) is 0. The first-order valence-electron chi connectivity index (χ1n) is 4.84. The average Bonchev–Trinajstić information content (AvgIpc) is 2.28. The Bertz CT molecular complexity index is 630. The van der Waals surface area contributed by atoms with Crippen molar-refractivity contribution < 1.29 is 15.0 Å². The van der Waals surface area contributed by atoms with Gasteiger partial charge in [0.25, 0.3) is 0 Å². The van der Waals surface area contributed by atoms with Gasteiger partial charge in [-0.3, -0.25) is 4.79 Å². The number of nitrogens with one attached hydrogen (secondary N) is 1. The van der Waals surface area contributed by atoms with Gasteiger partial charge in [0.1, 0.15) is 5.75 Å². The summed E-state index contributed by atoms with van der Waals surface area (Å²) < 4.78 is 0. The van der Waals surface area contributed by atoms with Crippen molar-refractivity contribution in [2.75, 3.05) is 0 Å². The molecule has 17 heavy (non-hydrogen) atoms. The number of carbonyl (C=O) groups is 1. The van der Waals surface area contributed by atoms with Crippen LogP contribution in [0.4, 0.5) is 0 Å². The molecule has 5 nitrogen and oxygen atoms in total. The van der Waals surface area contributed by atoms with Crippen LogP contribution in [0.5, 0.6) is 5.75 Å². The minimum absolute atomic E-state index is 0.00328. The van der Waals surface area contributed by atoms with Gasteiger partial charge in [-0.1, -0.05) is 12.1 Å². The van der Waals surface area contributed by atoms with E-state index in [1.807, 2.05) is 0 Å². The number of aromatic nitrogens is 1. The summed E-state index contributed by atoms with van der Waals surface area (Å²) in [5.74, 6) is -1.14. The number of phenolic OH excluding ortho intramolecular Hbond substituents is 1. The van der Waals surface area contributed by atoms with Crippen LogP contribution in [0.3, 0.4) is 0 Å². The van der Waals surface area contributed by atoms with Gasteiger partial charge in [-0.15, -0.1) is 0 Å². The number of benzene rings is 1. The Balaban J connectivity index is 2.69. The molecule has 0 aliphatic carbocycles. The van der Waals surface area contributed by atoms with E-state index < -0.39 is 11.5 Å². The molecule has 0 aliphatic rings. The predicted molar refractivity (Wildman–Crippen MR) is 61.1 cm³/mol. The Kier molecular flexibility index (Phi) is 2.66. The van der Waals surface area contributed by atoms with Crippen molar-refractivity contribution in [2.45, 2.75) is 0 Å². The maximum absolute atomic E-state index is 11.2. The number of phenols is 1. The lowest BCUT2D eigenvalue weighted by molar-refractivity contribution is 0.0697. The number of hydrogen-bond donors (Lipinski definition) is 3. The largest absolute Gasteiger partial charge is 0.508 e. The van der Waals surface area contributed by atoms with E-state index in [0.717, 1.165) is 6.07 Å². The summed E-state index contributed by atoms with van der Waals surface area (Å²) in [6.07, 6.45) is 0. The number of aromatic amines is 1. The van der Waals surface area contributed by atoms with Gasteiger partial charge in [-0.2, -0.15) is 0 Å². The van der Waals surface area contributed by atoms with Crippen LogP contribution in [0, 0.1) is 0 Å². The summed E-state index contributed by atoms with van der Waals surface area (Å²) in [6, 6.07) is 8.41. The molecule has 5 heteroatoms. The van der Waals surface area contributed by atoms with Crippen LogP contribution < -0.4 is 5.56 Å². The number of hydrogen-bond acceptors (Lipinski definition) is 3. The first kappa shape index (κ1) is 10.9. The monoisotopic (exact) mass is 231 g/mol.